The van der Waals surface area contributed by atoms with E-state index in [-0.39, 0.29) is 20.3 Å². The third-order valence-electron chi connectivity index (χ3n) is 12.8. The van der Waals surface area contributed by atoms with Crippen LogP contribution < -0.4 is 4.90 Å². The summed E-state index contributed by atoms with van der Waals surface area (Å²) in [6.07, 6.45) is 0. The van der Waals surface area contributed by atoms with Gasteiger partial charge in [-0.2, -0.15) is 0 Å². The van der Waals surface area contributed by atoms with E-state index in [0.717, 1.165) is 50.3 Å². The van der Waals surface area contributed by atoms with Crippen LogP contribution in [0.2, 0.25) is 0 Å². The number of hydrogen-bond donors (Lipinski definition) is 0. The van der Waals surface area contributed by atoms with Crippen LogP contribution in [0.1, 0.15) is 39.8 Å². The number of anilines is 3. The lowest BCUT2D eigenvalue weighted by Gasteiger charge is -2.26. The Morgan fingerprint density at radius 1 is 0.419 bits per heavy atom. The molecule has 0 spiro atoms. The molecular weight excluding hydrogens is 753 g/mol. The highest BCUT2D eigenvalue weighted by molar-refractivity contribution is 6.15. The Kier molecular flexibility index (Phi) is 9.23. The van der Waals surface area contributed by atoms with E-state index in [1.165, 1.54) is 60.8 Å². The SMILES string of the molecule is C.C.CC1(C)c2ccccc2-c2ccc(-c3ccc(N(c4ccccc4)c4cccc5oc6ccc(-c7ccc8c(c7)c7ccccc7n8-c7ccccc7)cc6c45)cc3)cc21. The average Bonchev–Trinajstić information content (AvgIpc) is 3.92. The molecule has 0 atom stereocenters. The second-order valence-corrected chi connectivity index (χ2v) is 16.5. The summed E-state index contributed by atoms with van der Waals surface area (Å²) in [6, 6.07) is 74.7. The zero-order valence-electron chi connectivity index (χ0n) is 33.4. The third kappa shape index (κ3) is 5.88. The second kappa shape index (κ2) is 14.8. The molecule has 300 valence electrons. The van der Waals surface area contributed by atoms with E-state index in [1.807, 2.05) is 0 Å². The van der Waals surface area contributed by atoms with Gasteiger partial charge in [-0.15, -0.1) is 0 Å². The van der Waals surface area contributed by atoms with Gasteiger partial charge in [-0.05, 0) is 129 Å². The van der Waals surface area contributed by atoms with Crippen molar-refractivity contribution >= 4 is 60.8 Å². The van der Waals surface area contributed by atoms with E-state index < -0.39 is 0 Å². The summed E-state index contributed by atoms with van der Waals surface area (Å²) >= 11 is 0. The minimum atomic E-state index is -0.0482. The van der Waals surface area contributed by atoms with E-state index in [2.05, 4.69) is 230 Å². The fraction of sp³-hybridized carbons (Fsp3) is 0.0847. The van der Waals surface area contributed by atoms with Crippen LogP contribution in [-0.4, -0.2) is 4.57 Å². The monoisotopic (exact) mass is 800 g/mol. The molecule has 0 radical (unpaired) electrons. The number of hydrogen-bond acceptors (Lipinski definition) is 2. The lowest BCUT2D eigenvalue weighted by Crippen LogP contribution is -2.14. The first-order valence-electron chi connectivity index (χ1n) is 20.8. The van der Waals surface area contributed by atoms with Crippen molar-refractivity contribution in [3.8, 4) is 39.1 Å². The molecule has 62 heavy (non-hydrogen) atoms. The molecule has 12 rings (SSSR count). The van der Waals surface area contributed by atoms with Crippen LogP contribution in [0.3, 0.4) is 0 Å². The lowest BCUT2D eigenvalue weighted by atomic mass is 9.81. The predicted molar refractivity (Wildman–Crippen MR) is 265 cm³/mol. The summed E-state index contributed by atoms with van der Waals surface area (Å²) in [5.41, 5.74) is 18.7. The van der Waals surface area contributed by atoms with Gasteiger partial charge in [0.2, 0.25) is 0 Å². The molecule has 3 nitrogen and oxygen atoms in total. The fourth-order valence-electron chi connectivity index (χ4n) is 9.87. The van der Waals surface area contributed by atoms with Crippen molar-refractivity contribution in [1.29, 1.82) is 0 Å². The first-order chi connectivity index (χ1) is 29.5. The van der Waals surface area contributed by atoms with E-state index in [0.29, 0.717) is 0 Å². The smallest absolute Gasteiger partial charge is 0.137 e. The van der Waals surface area contributed by atoms with E-state index in [9.17, 15) is 0 Å². The van der Waals surface area contributed by atoms with Gasteiger partial charge in [-0.25, -0.2) is 0 Å². The van der Waals surface area contributed by atoms with Crippen molar-refractivity contribution in [1.82, 2.24) is 4.57 Å². The van der Waals surface area contributed by atoms with Gasteiger partial charge >= 0.3 is 0 Å². The highest BCUT2D eigenvalue weighted by Crippen LogP contribution is 2.50. The summed E-state index contributed by atoms with van der Waals surface area (Å²) in [5.74, 6) is 0. The van der Waals surface area contributed by atoms with Crippen LogP contribution in [0.15, 0.2) is 211 Å². The predicted octanol–water partition coefficient (Wildman–Crippen LogP) is 17.1. The van der Waals surface area contributed by atoms with Crippen molar-refractivity contribution in [3.05, 3.63) is 217 Å². The first-order valence-corrected chi connectivity index (χ1v) is 20.8. The maximum atomic E-state index is 6.61. The fourth-order valence-corrected chi connectivity index (χ4v) is 9.87. The van der Waals surface area contributed by atoms with Crippen LogP contribution in [0.4, 0.5) is 17.1 Å². The van der Waals surface area contributed by atoms with Crippen LogP contribution in [0.5, 0.6) is 0 Å². The van der Waals surface area contributed by atoms with E-state index in [4.69, 9.17) is 4.42 Å². The van der Waals surface area contributed by atoms with Crippen LogP contribution in [-0.2, 0) is 5.41 Å². The molecule has 0 amide bonds. The van der Waals surface area contributed by atoms with Crippen molar-refractivity contribution in [2.75, 3.05) is 4.90 Å². The molecule has 1 aliphatic rings. The maximum absolute atomic E-state index is 6.61. The summed E-state index contributed by atoms with van der Waals surface area (Å²) in [6.45, 7) is 4.69. The Morgan fingerprint density at radius 2 is 1.02 bits per heavy atom. The van der Waals surface area contributed by atoms with Crippen molar-refractivity contribution in [2.45, 2.75) is 34.1 Å². The Labute approximate surface area is 363 Å². The molecular formula is C59H48N2O. The standard InChI is InChI=1S/C57H40N2O.2CH4/c1-57(2)49-20-11-9-18-44(49)45-31-26-40(36-50(45)57)37-24-29-43(30-25-37)58(41-14-5-3-6-15-41)53-22-13-23-55-56(53)48-35-39(28-33-54(48)60-55)38-27-32-52-47(34-38)46-19-10-12-21-51(46)59(52)42-16-7-4-8-17-42;;/h3-36H,1-2H3;2*1H4. The molecule has 0 N–H and O–H groups in total. The Hall–Kier alpha value is -7.62. The minimum Gasteiger partial charge on any atom is -0.456 e. The molecule has 0 unspecified atom stereocenters. The first kappa shape index (κ1) is 38.6. The topological polar surface area (TPSA) is 21.3 Å². The summed E-state index contributed by atoms with van der Waals surface area (Å²) in [7, 11) is 0. The van der Waals surface area contributed by atoms with Crippen LogP contribution in [0.25, 0.3) is 82.8 Å². The number of aromatic nitrogens is 1. The summed E-state index contributed by atoms with van der Waals surface area (Å²) < 4.78 is 8.97. The number of furan rings is 1. The van der Waals surface area contributed by atoms with Gasteiger partial charge in [0, 0.05) is 38.6 Å². The largest absolute Gasteiger partial charge is 0.456 e. The van der Waals surface area contributed by atoms with Gasteiger partial charge in [0.05, 0.1) is 22.1 Å². The molecule has 0 fully saturated rings. The second-order valence-electron chi connectivity index (χ2n) is 16.5. The quantitative estimate of drug-likeness (QED) is 0.167. The highest BCUT2D eigenvalue weighted by atomic mass is 16.3. The molecule has 9 aromatic carbocycles. The summed E-state index contributed by atoms with van der Waals surface area (Å²) in [4.78, 5) is 2.36. The van der Waals surface area contributed by atoms with Gasteiger partial charge in [0.15, 0.2) is 0 Å². The normalized spacial score (nSPS) is 12.5. The zero-order chi connectivity index (χ0) is 40.0. The maximum Gasteiger partial charge on any atom is 0.137 e. The average molecular weight is 801 g/mol. The van der Waals surface area contributed by atoms with Crippen molar-refractivity contribution in [2.24, 2.45) is 0 Å². The molecule has 2 heterocycles. The molecule has 1 aliphatic carbocycles. The van der Waals surface area contributed by atoms with Gasteiger partial charge < -0.3 is 13.9 Å². The number of rotatable bonds is 6. The van der Waals surface area contributed by atoms with E-state index >= 15 is 0 Å². The number of para-hydroxylation sites is 3. The molecule has 3 heteroatoms. The van der Waals surface area contributed by atoms with Crippen molar-refractivity contribution < 1.29 is 4.42 Å². The van der Waals surface area contributed by atoms with Gasteiger partial charge in [-0.1, -0.05) is 150 Å². The molecule has 0 saturated heterocycles. The zero-order valence-corrected chi connectivity index (χ0v) is 33.4. The molecule has 0 saturated carbocycles. The molecule has 0 bridgehead atoms. The number of nitrogens with zero attached hydrogens (tertiary/aromatic N) is 2. The van der Waals surface area contributed by atoms with E-state index in [1.54, 1.807) is 0 Å². The Balaban J connectivity index is 0.00000229. The third-order valence-corrected chi connectivity index (χ3v) is 12.8. The Bertz CT molecular complexity index is 3450. The molecule has 0 aliphatic heterocycles. The number of benzene rings is 9. The lowest BCUT2D eigenvalue weighted by molar-refractivity contribution is 0.660. The number of fused-ring (bicyclic) bond motifs is 9. The minimum absolute atomic E-state index is 0. The van der Waals surface area contributed by atoms with Gasteiger partial charge in [-0.3, -0.25) is 0 Å². The van der Waals surface area contributed by atoms with Gasteiger partial charge in [0.25, 0.3) is 0 Å². The summed E-state index contributed by atoms with van der Waals surface area (Å²) in [5, 5.41) is 4.65. The van der Waals surface area contributed by atoms with Gasteiger partial charge in [0.1, 0.15) is 11.2 Å². The highest BCUT2D eigenvalue weighted by Gasteiger charge is 2.35. The molecule has 11 aromatic rings. The Morgan fingerprint density at radius 3 is 1.82 bits per heavy atom. The molecule has 2 aromatic heterocycles. The van der Waals surface area contributed by atoms with Crippen molar-refractivity contribution in [3.63, 3.8) is 0 Å². The van der Waals surface area contributed by atoms with Crippen LogP contribution >= 0.6 is 0 Å². The van der Waals surface area contributed by atoms with Crippen LogP contribution in [0, 0.1) is 0 Å².